The Morgan fingerprint density at radius 1 is 1.04 bits per heavy atom. The van der Waals surface area contributed by atoms with Crippen molar-refractivity contribution in [3.63, 3.8) is 0 Å². The van der Waals surface area contributed by atoms with E-state index in [0.29, 0.717) is 34.6 Å². The summed E-state index contributed by atoms with van der Waals surface area (Å²) >= 11 is 11.9. The van der Waals surface area contributed by atoms with Crippen LogP contribution in [-0.4, -0.2) is 31.7 Å². The summed E-state index contributed by atoms with van der Waals surface area (Å²) in [6.07, 6.45) is 0.583. The Balaban J connectivity index is 1.64. The first kappa shape index (κ1) is 21.0. The van der Waals surface area contributed by atoms with Gasteiger partial charge in [-0.25, -0.2) is 17.2 Å². The molecule has 0 saturated carbocycles. The maximum absolute atomic E-state index is 13.4. The van der Waals surface area contributed by atoms with Crippen molar-refractivity contribution in [2.75, 3.05) is 18.4 Å². The summed E-state index contributed by atoms with van der Waals surface area (Å²) < 4.78 is 52.8. The van der Waals surface area contributed by atoms with Crippen molar-refractivity contribution in [2.24, 2.45) is 5.92 Å². The van der Waals surface area contributed by atoms with Crippen LogP contribution >= 0.6 is 23.2 Å². The molecule has 2 aromatic rings. The van der Waals surface area contributed by atoms with Crippen molar-refractivity contribution in [1.82, 2.24) is 4.31 Å². The lowest BCUT2D eigenvalue weighted by molar-refractivity contribution is -0.120. The summed E-state index contributed by atoms with van der Waals surface area (Å²) in [5.41, 5.74) is 0.424. The molecule has 1 fully saturated rings. The van der Waals surface area contributed by atoms with Gasteiger partial charge in [0.15, 0.2) is 11.6 Å². The van der Waals surface area contributed by atoms with E-state index in [9.17, 15) is 22.0 Å². The minimum absolute atomic E-state index is 0.0910. The van der Waals surface area contributed by atoms with Crippen molar-refractivity contribution in [2.45, 2.75) is 17.7 Å². The molecule has 0 unspecified atom stereocenters. The molecular weight excluding hydrogens is 433 g/mol. The Hall–Kier alpha value is -1.74. The van der Waals surface area contributed by atoms with E-state index < -0.39 is 27.6 Å². The standard InChI is InChI=1S/C18H16Cl2F2N2O3S/c19-12-1-4-17(14(20)9-12)23-18(25)11-5-7-24(8-6-11)28(26,27)13-2-3-15(21)16(22)10-13/h1-4,9-11H,5-8H2,(H,23,25). The molecule has 0 aromatic heterocycles. The molecule has 0 atom stereocenters. The van der Waals surface area contributed by atoms with Gasteiger partial charge in [0.25, 0.3) is 0 Å². The van der Waals surface area contributed by atoms with Crippen LogP contribution in [0.1, 0.15) is 12.8 Å². The van der Waals surface area contributed by atoms with Gasteiger partial charge in [0.05, 0.1) is 15.6 Å². The molecule has 0 aliphatic carbocycles. The number of carbonyl (C=O) groups excluding carboxylic acids is 1. The van der Waals surface area contributed by atoms with Gasteiger partial charge in [-0.2, -0.15) is 4.31 Å². The van der Waals surface area contributed by atoms with Gasteiger partial charge < -0.3 is 5.32 Å². The second-order valence-corrected chi connectivity index (χ2v) is 9.15. The minimum atomic E-state index is -3.96. The number of rotatable bonds is 4. The number of hydrogen-bond donors (Lipinski definition) is 1. The van der Waals surface area contributed by atoms with Crippen LogP contribution in [0.2, 0.25) is 10.0 Å². The van der Waals surface area contributed by atoms with Crippen LogP contribution in [0.3, 0.4) is 0 Å². The van der Waals surface area contributed by atoms with Crippen molar-refractivity contribution >= 4 is 44.8 Å². The molecule has 1 heterocycles. The molecule has 28 heavy (non-hydrogen) atoms. The minimum Gasteiger partial charge on any atom is -0.325 e. The summed E-state index contributed by atoms with van der Waals surface area (Å²) in [6, 6.07) is 7.15. The van der Waals surface area contributed by atoms with Crippen LogP contribution in [0.15, 0.2) is 41.3 Å². The molecule has 0 spiro atoms. The van der Waals surface area contributed by atoms with Crippen LogP contribution in [-0.2, 0) is 14.8 Å². The Morgan fingerprint density at radius 3 is 2.32 bits per heavy atom. The normalized spacial score (nSPS) is 16.1. The Morgan fingerprint density at radius 2 is 1.71 bits per heavy atom. The molecule has 1 N–H and O–H groups in total. The van der Waals surface area contributed by atoms with Crippen LogP contribution in [0.5, 0.6) is 0 Å². The van der Waals surface area contributed by atoms with Gasteiger partial charge >= 0.3 is 0 Å². The smallest absolute Gasteiger partial charge is 0.243 e. The zero-order valence-corrected chi connectivity index (χ0v) is 16.8. The summed E-state index contributed by atoms with van der Waals surface area (Å²) in [7, 11) is -3.96. The average Bonchev–Trinajstić information content (AvgIpc) is 2.66. The lowest BCUT2D eigenvalue weighted by atomic mass is 9.97. The zero-order chi connectivity index (χ0) is 20.5. The number of sulfonamides is 1. The van der Waals surface area contributed by atoms with Gasteiger partial charge in [0.1, 0.15) is 0 Å². The van der Waals surface area contributed by atoms with Crippen molar-refractivity contribution in [3.8, 4) is 0 Å². The predicted octanol–water partition coefficient (Wildman–Crippen LogP) is 4.31. The molecule has 3 rings (SSSR count). The van der Waals surface area contributed by atoms with Crippen molar-refractivity contribution in [3.05, 3.63) is 58.1 Å². The maximum atomic E-state index is 13.4. The molecule has 0 radical (unpaired) electrons. The summed E-state index contributed by atoms with van der Waals surface area (Å²) in [4.78, 5) is 12.1. The highest BCUT2D eigenvalue weighted by Gasteiger charge is 2.32. The third kappa shape index (κ3) is 4.46. The number of hydrogen-bond acceptors (Lipinski definition) is 3. The summed E-state index contributed by atoms with van der Waals surface area (Å²) in [5.74, 6) is -3.01. The maximum Gasteiger partial charge on any atom is 0.243 e. The van der Waals surface area contributed by atoms with Gasteiger partial charge in [-0.1, -0.05) is 23.2 Å². The van der Waals surface area contributed by atoms with Crippen molar-refractivity contribution < 1.29 is 22.0 Å². The number of carbonyl (C=O) groups is 1. The first-order valence-electron chi connectivity index (χ1n) is 8.39. The number of piperidine rings is 1. The van der Waals surface area contributed by atoms with Gasteiger partial charge in [0, 0.05) is 24.0 Å². The molecule has 0 bridgehead atoms. The fraction of sp³-hybridized carbons (Fsp3) is 0.278. The Kier molecular flexibility index (Phi) is 6.24. The highest BCUT2D eigenvalue weighted by Crippen LogP contribution is 2.28. The number of amides is 1. The average molecular weight is 449 g/mol. The van der Waals surface area contributed by atoms with Gasteiger partial charge in [-0.3, -0.25) is 4.79 Å². The Bertz CT molecular complexity index is 1010. The van der Waals surface area contributed by atoms with E-state index >= 15 is 0 Å². The monoisotopic (exact) mass is 448 g/mol. The van der Waals surface area contributed by atoms with E-state index in [1.165, 1.54) is 10.4 Å². The van der Waals surface area contributed by atoms with E-state index in [1.807, 2.05) is 0 Å². The molecule has 1 aliphatic heterocycles. The van der Waals surface area contributed by atoms with Crippen LogP contribution in [0.25, 0.3) is 0 Å². The largest absolute Gasteiger partial charge is 0.325 e. The molecule has 2 aromatic carbocycles. The second kappa shape index (κ2) is 8.32. The fourth-order valence-electron chi connectivity index (χ4n) is 2.97. The highest BCUT2D eigenvalue weighted by molar-refractivity contribution is 7.89. The third-order valence-electron chi connectivity index (χ3n) is 4.54. The summed E-state index contributed by atoms with van der Waals surface area (Å²) in [5, 5.41) is 3.47. The second-order valence-electron chi connectivity index (χ2n) is 6.37. The lowest BCUT2D eigenvalue weighted by Crippen LogP contribution is -2.41. The quantitative estimate of drug-likeness (QED) is 0.757. The van der Waals surface area contributed by atoms with E-state index in [2.05, 4.69) is 5.32 Å². The SMILES string of the molecule is O=C(Nc1ccc(Cl)cc1Cl)C1CCN(S(=O)(=O)c2ccc(F)c(F)c2)CC1. The third-order valence-corrected chi connectivity index (χ3v) is 6.99. The summed E-state index contributed by atoms with van der Waals surface area (Å²) in [6.45, 7) is 0.182. The number of nitrogens with zero attached hydrogens (tertiary/aromatic N) is 1. The first-order valence-corrected chi connectivity index (χ1v) is 10.6. The molecule has 1 aliphatic rings. The van der Waals surface area contributed by atoms with E-state index in [0.717, 1.165) is 12.1 Å². The van der Waals surface area contributed by atoms with E-state index in [4.69, 9.17) is 23.2 Å². The van der Waals surface area contributed by atoms with Crippen molar-refractivity contribution in [1.29, 1.82) is 0 Å². The van der Waals surface area contributed by atoms with Gasteiger partial charge in [-0.05, 0) is 49.2 Å². The highest BCUT2D eigenvalue weighted by atomic mass is 35.5. The van der Waals surface area contributed by atoms with Crippen LogP contribution in [0.4, 0.5) is 14.5 Å². The predicted molar refractivity (Wildman–Crippen MR) is 103 cm³/mol. The number of nitrogens with one attached hydrogen (secondary N) is 1. The molecular formula is C18H16Cl2F2N2O3S. The number of benzene rings is 2. The lowest BCUT2D eigenvalue weighted by Gasteiger charge is -2.30. The Labute approximate surface area is 171 Å². The topological polar surface area (TPSA) is 66.5 Å². The molecule has 150 valence electrons. The van der Waals surface area contributed by atoms with Gasteiger partial charge in [-0.15, -0.1) is 0 Å². The van der Waals surface area contributed by atoms with Gasteiger partial charge in [0.2, 0.25) is 15.9 Å². The first-order chi connectivity index (χ1) is 13.2. The molecule has 10 heteroatoms. The fourth-order valence-corrected chi connectivity index (χ4v) is 4.91. The molecule has 5 nitrogen and oxygen atoms in total. The van der Waals surface area contributed by atoms with E-state index in [1.54, 1.807) is 12.1 Å². The van der Waals surface area contributed by atoms with Crippen LogP contribution in [0, 0.1) is 17.6 Å². The number of anilines is 1. The molecule has 1 amide bonds. The van der Waals surface area contributed by atoms with Crippen LogP contribution < -0.4 is 5.32 Å². The van der Waals surface area contributed by atoms with E-state index in [-0.39, 0.29) is 23.9 Å². The number of halogens is 4. The zero-order valence-electron chi connectivity index (χ0n) is 14.5. The molecule has 1 saturated heterocycles.